The number of hydrogen-bond acceptors (Lipinski definition) is 6. The fourth-order valence-electron chi connectivity index (χ4n) is 4.92. The van der Waals surface area contributed by atoms with Crippen LogP contribution < -0.4 is 10.6 Å². The van der Waals surface area contributed by atoms with Crippen molar-refractivity contribution < 1.29 is 9.90 Å². The van der Waals surface area contributed by atoms with Crippen LogP contribution in [0.1, 0.15) is 43.1 Å². The van der Waals surface area contributed by atoms with Gasteiger partial charge in [0.25, 0.3) is 5.91 Å². The number of nitrogens with zero attached hydrogens (tertiary/aromatic N) is 5. The van der Waals surface area contributed by atoms with Crippen molar-refractivity contribution in [2.24, 2.45) is 5.92 Å². The van der Waals surface area contributed by atoms with Gasteiger partial charge in [0.2, 0.25) is 0 Å². The van der Waals surface area contributed by atoms with Gasteiger partial charge >= 0.3 is 0 Å². The number of rotatable bonds is 5. The molecule has 3 atom stereocenters. The Kier molecular flexibility index (Phi) is 3.92. The Labute approximate surface area is 184 Å². The van der Waals surface area contributed by atoms with Gasteiger partial charge in [-0.05, 0) is 44.7 Å². The molecule has 0 bridgehead atoms. The summed E-state index contributed by atoms with van der Waals surface area (Å²) in [6.45, 7) is 4.23. The van der Waals surface area contributed by atoms with Gasteiger partial charge in [-0.1, -0.05) is 0 Å². The van der Waals surface area contributed by atoms with E-state index in [0.717, 1.165) is 41.0 Å². The van der Waals surface area contributed by atoms with E-state index >= 15 is 0 Å². The predicted molar refractivity (Wildman–Crippen MR) is 121 cm³/mol. The number of amides is 1. The average Bonchev–Trinajstić information content (AvgIpc) is 3.15. The van der Waals surface area contributed by atoms with Crippen LogP contribution in [-0.4, -0.2) is 53.9 Å². The number of fused-ring (bicyclic) bond motifs is 3. The van der Waals surface area contributed by atoms with E-state index in [4.69, 9.17) is 4.98 Å². The van der Waals surface area contributed by atoms with Crippen LogP contribution in [0.25, 0.3) is 27.9 Å². The quantitative estimate of drug-likeness (QED) is 0.448. The van der Waals surface area contributed by atoms with E-state index in [2.05, 4.69) is 45.3 Å². The maximum Gasteiger partial charge on any atom is 0.257 e. The molecule has 0 aliphatic heterocycles. The van der Waals surface area contributed by atoms with Gasteiger partial charge in [-0.15, -0.1) is 0 Å². The lowest BCUT2D eigenvalue weighted by atomic mass is 9.89. The van der Waals surface area contributed by atoms with Crippen molar-refractivity contribution in [3.63, 3.8) is 0 Å². The Morgan fingerprint density at radius 3 is 2.88 bits per heavy atom. The standard InChI is InChI=1S/C23H25N7O2/c1-12(2)29-11-16(14-5-4-6-25-20(14)29)17-8-19(24-3)30-21(27-17)15(10-26-30)22(31)28-18-7-13-9-23(13,18)32/h4-6,8,10-13,18,24,32H,7,9H2,1-3H3,(H,28,31)/t13?,18-,23+/m1/s1. The van der Waals surface area contributed by atoms with Gasteiger partial charge in [-0.2, -0.15) is 9.61 Å². The first-order valence-corrected chi connectivity index (χ1v) is 11.0. The summed E-state index contributed by atoms with van der Waals surface area (Å²) in [7, 11) is 1.82. The van der Waals surface area contributed by atoms with Crippen molar-refractivity contribution in [3.8, 4) is 11.3 Å². The third kappa shape index (κ3) is 2.60. The van der Waals surface area contributed by atoms with Crippen LogP contribution in [-0.2, 0) is 0 Å². The topological polar surface area (TPSA) is 109 Å². The van der Waals surface area contributed by atoms with Gasteiger partial charge in [0.1, 0.15) is 17.0 Å². The number of carbonyl (C=O) groups excluding carboxylic acids is 1. The molecule has 164 valence electrons. The number of carbonyl (C=O) groups is 1. The minimum absolute atomic E-state index is 0.197. The van der Waals surface area contributed by atoms with E-state index in [9.17, 15) is 9.90 Å². The van der Waals surface area contributed by atoms with Gasteiger partial charge < -0.3 is 20.3 Å². The summed E-state index contributed by atoms with van der Waals surface area (Å²) >= 11 is 0. The maximum atomic E-state index is 13.0. The monoisotopic (exact) mass is 431 g/mol. The molecular formula is C23H25N7O2. The Hall–Kier alpha value is -3.46. The largest absolute Gasteiger partial charge is 0.387 e. The van der Waals surface area contributed by atoms with E-state index in [1.54, 1.807) is 10.7 Å². The van der Waals surface area contributed by atoms with Crippen molar-refractivity contribution >= 4 is 28.4 Å². The lowest BCUT2D eigenvalue weighted by Crippen LogP contribution is -2.52. The summed E-state index contributed by atoms with van der Waals surface area (Å²) in [5, 5.41) is 21.9. The zero-order chi connectivity index (χ0) is 22.2. The van der Waals surface area contributed by atoms with Gasteiger partial charge in [0, 0.05) is 42.5 Å². The van der Waals surface area contributed by atoms with Crippen LogP contribution in [0.2, 0.25) is 0 Å². The lowest BCUT2D eigenvalue weighted by molar-refractivity contribution is 0.0264. The first kappa shape index (κ1) is 19.2. The smallest absolute Gasteiger partial charge is 0.257 e. The van der Waals surface area contributed by atoms with Gasteiger partial charge in [0.05, 0.1) is 23.5 Å². The number of nitrogens with one attached hydrogen (secondary N) is 2. The highest BCUT2D eigenvalue weighted by Crippen LogP contribution is 2.59. The number of aliphatic hydroxyl groups is 1. The molecule has 2 saturated carbocycles. The molecule has 9 nitrogen and oxygen atoms in total. The lowest BCUT2D eigenvalue weighted by Gasteiger charge is -2.32. The molecule has 0 saturated heterocycles. The third-order valence-corrected chi connectivity index (χ3v) is 6.94. The van der Waals surface area contributed by atoms with Gasteiger partial charge in [0.15, 0.2) is 5.65 Å². The summed E-state index contributed by atoms with van der Waals surface area (Å²) in [6, 6.07) is 5.92. The number of aromatic nitrogens is 5. The van der Waals surface area contributed by atoms with Crippen LogP contribution in [0.3, 0.4) is 0 Å². The van der Waals surface area contributed by atoms with Crippen molar-refractivity contribution in [3.05, 3.63) is 42.4 Å². The fraction of sp³-hybridized carbons (Fsp3) is 0.391. The second-order valence-corrected chi connectivity index (χ2v) is 9.14. The first-order valence-electron chi connectivity index (χ1n) is 11.0. The molecule has 0 aromatic carbocycles. The molecule has 2 aliphatic carbocycles. The molecule has 1 unspecified atom stereocenters. The van der Waals surface area contributed by atoms with Gasteiger partial charge in [-0.25, -0.2) is 9.97 Å². The van der Waals surface area contributed by atoms with Crippen LogP contribution in [0.15, 0.2) is 36.8 Å². The fourth-order valence-corrected chi connectivity index (χ4v) is 4.92. The molecule has 32 heavy (non-hydrogen) atoms. The Bertz CT molecular complexity index is 1390. The molecule has 4 aromatic rings. The molecule has 2 fully saturated rings. The second kappa shape index (κ2) is 6.52. The molecule has 3 N–H and O–H groups in total. The summed E-state index contributed by atoms with van der Waals surface area (Å²) in [6.07, 6.45) is 6.98. The first-order chi connectivity index (χ1) is 15.4. The van der Waals surface area contributed by atoms with Crippen LogP contribution in [0, 0.1) is 5.92 Å². The predicted octanol–water partition coefficient (Wildman–Crippen LogP) is 2.62. The minimum Gasteiger partial charge on any atom is -0.387 e. The zero-order valence-corrected chi connectivity index (χ0v) is 18.2. The van der Waals surface area contributed by atoms with Crippen LogP contribution in [0.4, 0.5) is 5.82 Å². The second-order valence-electron chi connectivity index (χ2n) is 9.14. The molecule has 1 amide bonds. The van der Waals surface area contributed by atoms with Crippen LogP contribution >= 0.6 is 0 Å². The van der Waals surface area contributed by atoms with E-state index in [-0.39, 0.29) is 18.0 Å². The average molecular weight is 432 g/mol. The van der Waals surface area contributed by atoms with E-state index in [0.29, 0.717) is 17.1 Å². The molecule has 0 spiro atoms. The van der Waals surface area contributed by atoms with E-state index < -0.39 is 5.60 Å². The summed E-state index contributed by atoms with van der Waals surface area (Å²) in [4.78, 5) is 22.5. The van der Waals surface area contributed by atoms with Crippen molar-refractivity contribution in [1.29, 1.82) is 0 Å². The van der Waals surface area contributed by atoms with Crippen LogP contribution in [0.5, 0.6) is 0 Å². The Morgan fingerprint density at radius 1 is 1.34 bits per heavy atom. The summed E-state index contributed by atoms with van der Waals surface area (Å²) < 4.78 is 3.76. The molecule has 4 heterocycles. The number of pyridine rings is 1. The number of hydrogen-bond donors (Lipinski definition) is 3. The molecular weight excluding hydrogens is 406 g/mol. The highest BCUT2D eigenvalue weighted by atomic mass is 16.3. The zero-order valence-electron chi connectivity index (χ0n) is 18.2. The number of anilines is 1. The van der Waals surface area contributed by atoms with Crippen molar-refractivity contribution in [2.75, 3.05) is 12.4 Å². The third-order valence-electron chi connectivity index (χ3n) is 6.94. The molecule has 0 radical (unpaired) electrons. The van der Waals surface area contributed by atoms with E-state index in [1.165, 1.54) is 6.20 Å². The SMILES string of the molecule is CNc1cc(-c2cn(C(C)C)c3ncccc23)nc2c(C(=O)N[C@@H]3CC4C[C@]43O)cnn12. The summed E-state index contributed by atoms with van der Waals surface area (Å²) in [5.41, 5.74) is 2.73. The molecule has 9 heteroatoms. The molecule has 4 aromatic heterocycles. The Balaban J connectivity index is 1.47. The van der Waals surface area contributed by atoms with Gasteiger partial charge in [-0.3, -0.25) is 4.79 Å². The highest BCUT2D eigenvalue weighted by Gasteiger charge is 2.67. The molecule has 2 aliphatic rings. The summed E-state index contributed by atoms with van der Waals surface area (Å²) in [5.74, 6) is 0.800. The van der Waals surface area contributed by atoms with Crippen molar-refractivity contribution in [2.45, 2.75) is 44.4 Å². The minimum atomic E-state index is -0.709. The maximum absolute atomic E-state index is 13.0. The van der Waals surface area contributed by atoms with E-state index in [1.807, 2.05) is 25.2 Å². The normalized spacial score (nSPS) is 23.9. The Morgan fingerprint density at radius 2 is 2.19 bits per heavy atom. The van der Waals surface area contributed by atoms with Crippen molar-refractivity contribution in [1.82, 2.24) is 29.5 Å². The molecule has 6 rings (SSSR count). The highest BCUT2D eigenvalue weighted by molar-refractivity contribution is 6.01.